The number of rotatable bonds is 4. The van der Waals surface area contributed by atoms with E-state index in [0.717, 1.165) is 5.56 Å². The first-order valence-corrected chi connectivity index (χ1v) is 7.73. The number of hydrogen-bond donors (Lipinski definition) is 1. The summed E-state index contributed by atoms with van der Waals surface area (Å²) in [6.07, 6.45) is -0.569. The smallest absolute Gasteiger partial charge is 0.413 e. The minimum Gasteiger partial charge on any atom is -0.444 e. The first-order chi connectivity index (χ1) is 10.6. The second-order valence-electron chi connectivity index (χ2n) is 6.72. The molecule has 0 fully saturated rings. The molecule has 0 aromatic heterocycles. The summed E-state index contributed by atoms with van der Waals surface area (Å²) in [5.41, 5.74) is 0.204. The normalized spacial score (nSPS) is 13.6. The maximum atomic E-state index is 12.0. The van der Waals surface area contributed by atoms with Gasteiger partial charge < -0.3 is 4.74 Å². The van der Waals surface area contributed by atoms with Crippen molar-refractivity contribution >= 4 is 17.7 Å². The number of Topliss-reactive ketones (excluding diaryl/α,β-unsaturated/α-hetero) is 1. The average molecular weight is 318 g/mol. The number of alkyl carbamates (subject to hydrolysis) is 1. The van der Waals surface area contributed by atoms with Crippen LogP contribution >= 0.6 is 0 Å². The van der Waals surface area contributed by atoms with Gasteiger partial charge in [-0.25, -0.2) is 4.79 Å². The molecule has 0 bridgehead atoms. The number of hydrogen-bond acceptors (Lipinski definition) is 4. The van der Waals surface area contributed by atoms with E-state index in [1.807, 2.05) is 44.2 Å². The Morgan fingerprint density at radius 3 is 2.13 bits per heavy atom. The number of benzene rings is 1. The molecule has 5 heteroatoms. The molecule has 1 aromatic rings. The number of carbonyl (C=O) groups is 2. The Labute approximate surface area is 138 Å². The van der Waals surface area contributed by atoms with Gasteiger partial charge in [-0.1, -0.05) is 44.2 Å². The Morgan fingerprint density at radius 2 is 1.70 bits per heavy atom. The van der Waals surface area contributed by atoms with E-state index in [-0.39, 0.29) is 11.7 Å². The number of ether oxygens (including phenoxy) is 1. The number of aliphatic imine (C=N–C) groups is 1. The molecule has 1 N–H and O–H groups in total. The molecule has 0 heterocycles. The quantitative estimate of drug-likeness (QED) is 0.676. The summed E-state index contributed by atoms with van der Waals surface area (Å²) in [7, 11) is 0. The van der Waals surface area contributed by atoms with Gasteiger partial charge in [0.15, 0.2) is 5.78 Å². The molecule has 1 atom stereocenters. The van der Waals surface area contributed by atoms with Crippen molar-refractivity contribution in [1.29, 1.82) is 0 Å². The highest BCUT2D eigenvalue weighted by Crippen LogP contribution is 2.19. The second-order valence-corrected chi connectivity index (χ2v) is 6.72. The molecular formula is C18H26N2O3. The van der Waals surface area contributed by atoms with Crippen LogP contribution in [0.2, 0.25) is 0 Å². The SMILES string of the molecule is CC(=O)C(N=C(NC(=O)OC(C)(C)C)C(C)C)c1ccccc1. The third kappa shape index (κ3) is 6.63. The van der Waals surface area contributed by atoms with Crippen molar-refractivity contribution < 1.29 is 14.3 Å². The Kier molecular flexibility index (Phi) is 6.49. The molecular weight excluding hydrogens is 292 g/mol. The van der Waals surface area contributed by atoms with E-state index in [1.165, 1.54) is 6.92 Å². The summed E-state index contributed by atoms with van der Waals surface area (Å²) >= 11 is 0. The van der Waals surface area contributed by atoms with Gasteiger partial charge in [0.1, 0.15) is 17.5 Å². The molecule has 1 amide bonds. The monoisotopic (exact) mass is 318 g/mol. The standard InChI is InChI=1S/C18H26N2O3/c1-12(2)16(20-17(22)23-18(4,5)6)19-15(13(3)21)14-10-8-7-9-11-14/h7-12,15H,1-6H3,(H,19,20,22). The number of amidine groups is 1. The fraction of sp³-hybridized carbons (Fsp3) is 0.500. The van der Waals surface area contributed by atoms with E-state index in [2.05, 4.69) is 10.3 Å². The van der Waals surface area contributed by atoms with Crippen molar-refractivity contribution in [3.05, 3.63) is 35.9 Å². The van der Waals surface area contributed by atoms with Crippen molar-refractivity contribution in [1.82, 2.24) is 5.32 Å². The number of nitrogens with one attached hydrogen (secondary N) is 1. The summed E-state index contributed by atoms with van der Waals surface area (Å²) < 4.78 is 5.25. The molecule has 0 aliphatic carbocycles. The zero-order valence-electron chi connectivity index (χ0n) is 14.7. The van der Waals surface area contributed by atoms with E-state index in [9.17, 15) is 9.59 Å². The highest BCUT2D eigenvalue weighted by molar-refractivity contribution is 5.98. The third-order valence-electron chi connectivity index (χ3n) is 2.94. The fourth-order valence-electron chi connectivity index (χ4n) is 1.91. The van der Waals surface area contributed by atoms with Gasteiger partial charge in [0.25, 0.3) is 0 Å². The van der Waals surface area contributed by atoms with Gasteiger partial charge >= 0.3 is 6.09 Å². The Hall–Kier alpha value is -2.17. The molecule has 0 saturated heterocycles. The molecule has 0 radical (unpaired) electrons. The Morgan fingerprint density at radius 1 is 1.13 bits per heavy atom. The minimum atomic E-state index is -0.636. The van der Waals surface area contributed by atoms with Crippen molar-refractivity contribution in [2.24, 2.45) is 10.9 Å². The lowest BCUT2D eigenvalue weighted by Gasteiger charge is -2.22. The van der Waals surface area contributed by atoms with Crippen LogP contribution in [0.5, 0.6) is 0 Å². The number of ketones is 1. The molecule has 0 spiro atoms. The number of nitrogens with zero attached hydrogens (tertiary/aromatic N) is 1. The van der Waals surface area contributed by atoms with Crippen LogP contribution in [-0.2, 0) is 9.53 Å². The van der Waals surface area contributed by atoms with Crippen LogP contribution in [0.1, 0.15) is 53.1 Å². The predicted octanol–water partition coefficient (Wildman–Crippen LogP) is 3.90. The Bertz CT molecular complexity index is 572. The fourth-order valence-corrected chi connectivity index (χ4v) is 1.91. The van der Waals surface area contributed by atoms with E-state index in [0.29, 0.717) is 5.84 Å². The molecule has 1 rings (SSSR count). The van der Waals surface area contributed by atoms with Gasteiger partial charge in [-0.3, -0.25) is 15.1 Å². The summed E-state index contributed by atoms with van der Waals surface area (Å²) in [4.78, 5) is 28.4. The third-order valence-corrected chi connectivity index (χ3v) is 2.94. The molecule has 1 unspecified atom stereocenters. The van der Waals surface area contributed by atoms with Crippen LogP contribution in [0.3, 0.4) is 0 Å². The van der Waals surface area contributed by atoms with Crippen molar-refractivity contribution in [2.45, 2.75) is 53.2 Å². The van der Waals surface area contributed by atoms with Gasteiger partial charge in [-0.2, -0.15) is 0 Å². The maximum absolute atomic E-state index is 12.0. The molecule has 1 aromatic carbocycles. The van der Waals surface area contributed by atoms with Crippen molar-refractivity contribution in [3.63, 3.8) is 0 Å². The van der Waals surface area contributed by atoms with Crippen molar-refractivity contribution in [3.8, 4) is 0 Å². The van der Waals surface area contributed by atoms with Crippen molar-refractivity contribution in [2.75, 3.05) is 0 Å². The molecule has 5 nitrogen and oxygen atoms in total. The second kappa shape index (κ2) is 7.90. The zero-order valence-corrected chi connectivity index (χ0v) is 14.7. The van der Waals surface area contributed by atoms with Crippen LogP contribution in [0.25, 0.3) is 0 Å². The largest absolute Gasteiger partial charge is 0.444 e. The van der Waals surface area contributed by atoms with Gasteiger partial charge in [-0.15, -0.1) is 0 Å². The van der Waals surface area contributed by atoms with Gasteiger partial charge in [0, 0.05) is 5.92 Å². The average Bonchev–Trinajstić information content (AvgIpc) is 2.41. The van der Waals surface area contributed by atoms with Gasteiger partial charge in [-0.05, 0) is 33.3 Å². The number of carbonyl (C=O) groups excluding carboxylic acids is 2. The maximum Gasteiger partial charge on any atom is 0.413 e. The molecule has 0 saturated carbocycles. The predicted molar refractivity (Wildman–Crippen MR) is 91.5 cm³/mol. The lowest BCUT2D eigenvalue weighted by Crippen LogP contribution is -2.39. The Balaban J connectivity index is 3.04. The topological polar surface area (TPSA) is 67.8 Å². The van der Waals surface area contributed by atoms with E-state index in [1.54, 1.807) is 20.8 Å². The van der Waals surface area contributed by atoms with E-state index >= 15 is 0 Å². The first-order valence-electron chi connectivity index (χ1n) is 7.73. The zero-order chi connectivity index (χ0) is 17.6. The van der Waals surface area contributed by atoms with Crippen LogP contribution in [0, 0.1) is 5.92 Å². The number of amides is 1. The van der Waals surface area contributed by atoms with E-state index in [4.69, 9.17) is 4.74 Å². The van der Waals surface area contributed by atoms with E-state index < -0.39 is 17.7 Å². The van der Waals surface area contributed by atoms with Gasteiger partial charge in [0.2, 0.25) is 0 Å². The highest BCUT2D eigenvalue weighted by atomic mass is 16.6. The summed E-state index contributed by atoms with van der Waals surface area (Å²) in [5.74, 6) is 0.303. The lowest BCUT2D eigenvalue weighted by atomic mass is 10.0. The van der Waals surface area contributed by atoms with Crippen LogP contribution in [-0.4, -0.2) is 23.3 Å². The first kappa shape index (κ1) is 18.9. The summed E-state index contributed by atoms with van der Waals surface area (Å²) in [5, 5.41) is 2.66. The van der Waals surface area contributed by atoms with Crippen LogP contribution < -0.4 is 5.32 Å². The molecule has 23 heavy (non-hydrogen) atoms. The summed E-state index contributed by atoms with van der Waals surface area (Å²) in [6, 6.07) is 8.66. The van der Waals surface area contributed by atoms with Crippen LogP contribution in [0.4, 0.5) is 4.79 Å². The lowest BCUT2D eigenvalue weighted by molar-refractivity contribution is -0.118. The van der Waals surface area contributed by atoms with Crippen LogP contribution in [0.15, 0.2) is 35.3 Å². The minimum absolute atomic E-state index is 0.0481. The molecule has 0 aliphatic rings. The summed E-state index contributed by atoms with van der Waals surface area (Å²) in [6.45, 7) is 10.7. The highest BCUT2D eigenvalue weighted by Gasteiger charge is 2.21. The van der Waals surface area contributed by atoms with Gasteiger partial charge in [0.05, 0.1) is 0 Å². The molecule has 0 aliphatic heterocycles. The molecule has 126 valence electrons.